The van der Waals surface area contributed by atoms with Gasteiger partial charge in [0.2, 0.25) is 11.8 Å². The highest BCUT2D eigenvalue weighted by molar-refractivity contribution is 9.10. The van der Waals surface area contributed by atoms with Crippen molar-refractivity contribution in [2.75, 3.05) is 17.4 Å². The second-order valence-electron chi connectivity index (χ2n) is 10.1. The summed E-state index contributed by atoms with van der Waals surface area (Å²) in [6.45, 7) is 9.56. The fraction of sp³-hybridized carbons (Fsp3) is 0.333. The standard InChI is InChI=1S/C30H36BrN3O4S/c1-21(2)18-32-30(36)24(5)33(19-25-10-9-11-26(31)17-25)29(35)20-34(27-15-22(3)14-23(4)16-27)39(37,38)28-12-7-6-8-13-28/h6-17,21,24H,18-20H2,1-5H3,(H,32,36)/t24-/m0/s1. The Morgan fingerprint density at radius 1 is 0.897 bits per heavy atom. The van der Waals surface area contributed by atoms with Gasteiger partial charge >= 0.3 is 0 Å². The minimum absolute atomic E-state index is 0.0817. The molecule has 0 fully saturated rings. The Hall–Kier alpha value is -3.17. The van der Waals surface area contributed by atoms with Gasteiger partial charge in [-0.15, -0.1) is 0 Å². The van der Waals surface area contributed by atoms with Gasteiger partial charge in [0.05, 0.1) is 10.6 Å². The number of hydrogen-bond acceptors (Lipinski definition) is 4. The Balaban J connectivity index is 2.03. The SMILES string of the molecule is Cc1cc(C)cc(N(CC(=O)N(Cc2cccc(Br)c2)[C@@H](C)C(=O)NCC(C)C)S(=O)(=O)c2ccccc2)c1. The lowest BCUT2D eigenvalue weighted by Gasteiger charge is -2.32. The van der Waals surface area contributed by atoms with Crippen LogP contribution in [0.1, 0.15) is 37.5 Å². The molecule has 0 aliphatic heterocycles. The molecule has 0 aromatic heterocycles. The highest BCUT2D eigenvalue weighted by Gasteiger charge is 2.32. The van der Waals surface area contributed by atoms with Crippen LogP contribution in [0.5, 0.6) is 0 Å². The average molecular weight is 615 g/mol. The van der Waals surface area contributed by atoms with E-state index in [0.717, 1.165) is 25.5 Å². The van der Waals surface area contributed by atoms with Crippen molar-refractivity contribution in [2.45, 2.75) is 52.1 Å². The first kappa shape index (κ1) is 30.4. The fourth-order valence-corrected chi connectivity index (χ4v) is 6.08. The van der Waals surface area contributed by atoms with E-state index in [0.29, 0.717) is 12.2 Å². The molecule has 9 heteroatoms. The monoisotopic (exact) mass is 613 g/mol. The Bertz CT molecular complexity index is 1390. The second kappa shape index (κ2) is 13.3. The first-order valence-electron chi connectivity index (χ1n) is 12.9. The molecular weight excluding hydrogens is 578 g/mol. The van der Waals surface area contributed by atoms with Crippen molar-refractivity contribution in [2.24, 2.45) is 5.92 Å². The number of benzene rings is 3. The lowest BCUT2D eigenvalue weighted by atomic mass is 10.1. The third-order valence-corrected chi connectivity index (χ3v) is 8.48. The van der Waals surface area contributed by atoms with Gasteiger partial charge in [-0.25, -0.2) is 8.42 Å². The number of anilines is 1. The summed E-state index contributed by atoms with van der Waals surface area (Å²) in [7, 11) is -4.09. The van der Waals surface area contributed by atoms with E-state index >= 15 is 0 Å². The van der Waals surface area contributed by atoms with Crippen LogP contribution >= 0.6 is 15.9 Å². The number of sulfonamides is 1. The third kappa shape index (κ3) is 8.16. The van der Waals surface area contributed by atoms with Crippen LogP contribution < -0.4 is 9.62 Å². The largest absolute Gasteiger partial charge is 0.354 e. The lowest BCUT2D eigenvalue weighted by Crippen LogP contribution is -2.51. The first-order chi connectivity index (χ1) is 18.4. The van der Waals surface area contributed by atoms with Crippen molar-refractivity contribution >= 4 is 43.5 Å². The zero-order chi connectivity index (χ0) is 28.7. The van der Waals surface area contributed by atoms with Gasteiger partial charge in [0.15, 0.2) is 0 Å². The van der Waals surface area contributed by atoms with Crippen molar-refractivity contribution in [1.82, 2.24) is 10.2 Å². The normalized spacial score (nSPS) is 12.2. The van der Waals surface area contributed by atoms with Gasteiger partial charge < -0.3 is 10.2 Å². The highest BCUT2D eigenvalue weighted by Crippen LogP contribution is 2.27. The average Bonchev–Trinajstić information content (AvgIpc) is 2.88. The Morgan fingerprint density at radius 2 is 1.54 bits per heavy atom. The van der Waals surface area contributed by atoms with Crippen LogP contribution in [0.15, 0.2) is 82.2 Å². The molecule has 0 unspecified atom stereocenters. The van der Waals surface area contributed by atoms with Crippen molar-refractivity contribution in [3.8, 4) is 0 Å². The highest BCUT2D eigenvalue weighted by atomic mass is 79.9. The molecule has 208 valence electrons. The van der Waals surface area contributed by atoms with Crippen LogP contribution in [0.2, 0.25) is 0 Å². The summed E-state index contributed by atoms with van der Waals surface area (Å²) >= 11 is 3.46. The van der Waals surface area contributed by atoms with E-state index in [4.69, 9.17) is 0 Å². The molecule has 0 radical (unpaired) electrons. The fourth-order valence-electron chi connectivity index (χ4n) is 4.21. The minimum atomic E-state index is -4.09. The predicted octanol–water partition coefficient (Wildman–Crippen LogP) is 5.45. The van der Waals surface area contributed by atoms with Crippen LogP contribution in [-0.2, 0) is 26.2 Å². The number of aryl methyl sites for hydroxylation is 2. The Kier molecular flexibility index (Phi) is 10.3. The van der Waals surface area contributed by atoms with Crippen molar-refractivity contribution < 1.29 is 18.0 Å². The van der Waals surface area contributed by atoms with Crippen LogP contribution in [0.4, 0.5) is 5.69 Å². The maximum atomic E-state index is 14.0. The summed E-state index contributed by atoms with van der Waals surface area (Å²) in [5.74, 6) is -0.539. The van der Waals surface area contributed by atoms with Gasteiger partial charge in [-0.2, -0.15) is 0 Å². The maximum absolute atomic E-state index is 14.0. The molecule has 3 aromatic carbocycles. The molecular formula is C30H36BrN3O4S. The molecule has 1 N–H and O–H groups in total. The molecule has 0 heterocycles. The van der Waals surface area contributed by atoms with E-state index in [-0.39, 0.29) is 23.3 Å². The van der Waals surface area contributed by atoms with E-state index in [9.17, 15) is 18.0 Å². The van der Waals surface area contributed by atoms with Crippen molar-refractivity contribution in [1.29, 1.82) is 0 Å². The van der Waals surface area contributed by atoms with Crippen LogP contribution in [-0.4, -0.2) is 44.3 Å². The third-order valence-electron chi connectivity index (χ3n) is 6.20. The van der Waals surface area contributed by atoms with Crippen molar-refractivity contribution in [3.05, 3.63) is 94.0 Å². The minimum Gasteiger partial charge on any atom is -0.354 e. The maximum Gasteiger partial charge on any atom is 0.264 e. The topological polar surface area (TPSA) is 86.8 Å². The van der Waals surface area contributed by atoms with E-state index < -0.39 is 28.5 Å². The first-order valence-corrected chi connectivity index (χ1v) is 15.1. The number of halogens is 1. The number of hydrogen-bond donors (Lipinski definition) is 1. The van der Waals surface area contributed by atoms with Gasteiger partial charge in [0, 0.05) is 17.6 Å². The summed E-state index contributed by atoms with van der Waals surface area (Å²) in [6.07, 6.45) is 0. The van der Waals surface area contributed by atoms with Gasteiger partial charge in [0.25, 0.3) is 10.0 Å². The van der Waals surface area contributed by atoms with Crippen LogP contribution in [0.25, 0.3) is 0 Å². The molecule has 1 atom stereocenters. The molecule has 0 saturated heterocycles. The van der Waals surface area contributed by atoms with E-state index in [2.05, 4.69) is 21.2 Å². The zero-order valence-corrected chi connectivity index (χ0v) is 25.4. The number of carbonyl (C=O) groups excluding carboxylic acids is 2. The molecule has 0 bridgehead atoms. The van der Waals surface area contributed by atoms with Gasteiger partial charge in [0.1, 0.15) is 12.6 Å². The molecule has 0 aliphatic carbocycles. The summed E-state index contributed by atoms with van der Waals surface area (Å²) in [4.78, 5) is 28.6. The predicted molar refractivity (Wildman–Crippen MR) is 159 cm³/mol. The van der Waals surface area contributed by atoms with Crippen molar-refractivity contribution in [3.63, 3.8) is 0 Å². The van der Waals surface area contributed by atoms with Crippen LogP contribution in [0.3, 0.4) is 0 Å². The molecule has 3 aromatic rings. The quantitative estimate of drug-likeness (QED) is 0.311. The second-order valence-corrected chi connectivity index (χ2v) is 12.9. The Morgan fingerprint density at radius 3 is 2.13 bits per heavy atom. The molecule has 3 rings (SSSR count). The number of nitrogens with one attached hydrogen (secondary N) is 1. The summed E-state index contributed by atoms with van der Waals surface area (Å²) in [5, 5.41) is 2.90. The van der Waals surface area contributed by atoms with Gasteiger partial charge in [-0.3, -0.25) is 13.9 Å². The Labute approximate surface area is 240 Å². The molecule has 39 heavy (non-hydrogen) atoms. The van der Waals surface area contributed by atoms with Crippen LogP contribution in [0, 0.1) is 19.8 Å². The zero-order valence-electron chi connectivity index (χ0n) is 23.0. The molecule has 2 amide bonds. The van der Waals surface area contributed by atoms with E-state index in [1.165, 1.54) is 17.0 Å². The van der Waals surface area contributed by atoms with Gasteiger partial charge in [-0.05, 0) is 79.8 Å². The van der Waals surface area contributed by atoms with E-state index in [1.807, 2.05) is 58.0 Å². The summed E-state index contributed by atoms with van der Waals surface area (Å²) < 4.78 is 29.7. The summed E-state index contributed by atoms with van der Waals surface area (Å²) in [5.41, 5.74) is 2.95. The number of nitrogens with zero attached hydrogens (tertiary/aromatic N) is 2. The van der Waals surface area contributed by atoms with Gasteiger partial charge in [-0.1, -0.05) is 66.2 Å². The number of carbonyl (C=O) groups is 2. The molecule has 7 nitrogen and oxygen atoms in total. The molecule has 0 saturated carbocycles. The summed E-state index contributed by atoms with van der Waals surface area (Å²) in [6, 6.07) is 20.1. The molecule has 0 aliphatic rings. The molecule has 0 spiro atoms. The smallest absolute Gasteiger partial charge is 0.264 e. The van der Waals surface area contributed by atoms with E-state index in [1.54, 1.807) is 37.3 Å². The lowest BCUT2D eigenvalue weighted by molar-refractivity contribution is -0.139. The number of amides is 2. The number of rotatable bonds is 11.